The first kappa shape index (κ1) is 17.3. The minimum absolute atomic E-state index is 0.0373. The predicted molar refractivity (Wildman–Crippen MR) is 97.1 cm³/mol. The van der Waals surface area contributed by atoms with E-state index in [9.17, 15) is 9.59 Å². The number of H-pyrrole nitrogens is 1. The molecule has 134 valence electrons. The first-order chi connectivity index (χ1) is 12.0. The molecular weight excluding hydrogens is 320 g/mol. The number of benzene rings is 1. The summed E-state index contributed by atoms with van der Waals surface area (Å²) in [5.41, 5.74) is 1.47. The lowest BCUT2D eigenvalue weighted by Crippen LogP contribution is -2.51. The number of fused-ring (bicyclic) bond motifs is 1. The number of nitrogens with zero attached hydrogens (tertiary/aromatic N) is 3. The molecule has 0 atom stereocenters. The summed E-state index contributed by atoms with van der Waals surface area (Å²) in [6.45, 7) is 3.45. The Morgan fingerprint density at radius 2 is 1.92 bits per heavy atom. The third-order valence-corrected chi connectivity index (χ3v) is 4.55. The van der Waals surface area contributed by atoms with Crippen molar-refractivity contribution in [1.82, 2.24) is 19.7 Å². The van der Waals surface area contributed by atoms with Crippen LogP contribution in [0.1, 0.15) is 5.56 Å². The Morgan fingerprint density at radius 1 is 1.20 bits per heavy atom. The molecule has 1 saturated heterocycles. The number of urea groups is 1. The molecule has 1 aromatic heterocycles. The van der Waals surface area contributed by atoms with Gasteiger partial charge < -0.3 is 19.5 Å². The van der Waals surface area contributed by atoms with Gasteiger partial charge in [0.25, 0.3) is 5.56 Å². The van der Waals surface area contributed by atoms with E-state index in [-0.39, 0.29) is 11.6 Å². The zero-order valence-electron chi connectivity index (χ0n) is 14.9. The molecule has 1 aromatic carbocycles. The van der Waals surface area contributed by atoms with Crippen molar-refractivity contribution in [2.45, 2.75) is 6.54 Å². The minimum Gasteiger partial charge on any atom is -0.497 e. The van der Waals surface area contributed by atoms with E-state index in [1.54, 1.807) is 26.1 Å². The lowest BCUT2D eigenvalue weighted by atomic mass is 10.1. The van der Waals surface area contributed by atoms with Gasteiger partial charge >= 0.3 is 6.03 Å². The Bertz CT molecular complexity index is 823. The number of hydrogen-bond donors (Lipinski definition) is 1. The summed E-state index contributed by atoms with van der Waals surface area (Å²) >= 11 is 0. The van der Waals surface area contributed by atoms with E-state index in [1.807, 2.05) is 29.2 Å². The van der Waals surface area contributed by atoms with Crippen molar-refractivity contribution in [1.29, 1.82) is 0 Å². The lowest BCUT2D eigenvalue weighted by Gasteiger charge is -2.35. The van der Waals surface area contributed by atoms with E-state index in [2.05, 4.69) is 9.88 Å². The molecule has 2 aromatic rings. The Balaban J connectivity index is 1.72. The van der Waals surface area contributed by atoms with E-state index in [0.29, 0.717) is 19.6 Å². The molecule has 0 unspecified atom stereocenters. The van der Waals surface area contributed by atoms with Gasteiger partial charge in [0.05, 0.1) is 7.11 Å². The molecule has 0 aliphatic carbocycles. The van der Waals surface area contributed by atoms with E-state index >= 15 is 0 Å². The topological polar surface area (TPSA) is 68.9 Å². The Kier molecular flexibility index (Phi) is 4.94. The second-order valence-electron chi connectivity index (χ2n) is 6.52. The summed E-state index contributed by atoms with van der Waals surface area (Å²) in [5, 5.41) is 0.954. The van der Waals surface area contributed by atoms with Crippen LogP contribution in [0.25, 0.3) is 10.9 Å². The van der Waals surface area contributed by atoms with Gasteiger partial charge in [-0.05, 0) is 24.3 Å². The van der Waals surface area contributed by atoms with Crippen LogP contribution in [0.5, 0.6) is 5.75 Å². The molecule has 0 saturated carbocycles. The smallest absolute Gasteiger partial charge is 0.319 e. The van der Waals surface area contributed by atoms with Crippen LogP contribution in [0.15, 0.2) is 29.1 Å². The summed E-state index contributed by atoms with van der Waals surface area (Å²) in [4.78, 5) is 32.9. The summed E-state index contributed by atoms with van der Waals surface area (Å²) in [7, 11) is 5.15. The fourth-order valence-corrected chi connectivity index (χ4v) is 3.10. The fourth-order valence-electron chi connectivity index (χ4n) is 3.10. The number of carbonyl (C=O) groups excluding carboxylic acids is 1. The molecule has 3 rings (SSSR count). The molecule has 1 fully saturated rings. The third kappa shape index (κ3) is 3.76. The quantitative estimate of drug-likeness (QED) is 0.912. The Hall–Kier alpha value is -2.54. The van der Waals surface area contributed by atoms with Gasteiger partial charge in [0, 0.05) is 63.3 Å². The molecule has 25 heavy (non-hydrogen) atoms. The van der Waals surface area contributed by atoms with Gasteiger partial charge in [-0.15, -0.1) is 0 Å². The van der Waals surface area contributed by atoms with Crippen molar-refractivity contribution < 1.29 is 9.53 Å². The number of aromatic amines is 1. The second kappa shape index (κ2) is 7.14. The number of ether oxygens (including phenoxy) is 1. The maximum atomic E-state index is 12.3. The number of pyridine rings is 1. The van der Waals surface area contributed by atoms with Crippen molar-refractivity contribution in [2.75, 3.05) is 47.4 Å². The highest BCUT2D eigenvalue weighted by molar-refractivity contribution is 5.80. The zero-order valence-corrected chi connectivity index (χ0v) is 14.9. The van der Waals surface area contributed by atoms with Gasteiger partial charge in [-0.25, -0.2) is 4.79 Å². The highest BCUT2D eigenvalue weighted by Crippen LogP contribution is 2.19. The Labute approximate surface area is 146 Å². The van der Waals surface area contributed by atoms with Crippen molar-refractivity contribution >= 4 is 16.9 Å². The molecule has 1 aliphatic rings. The zero-order chi connectivity index (χ0) is 18.0. The normalized spacial score (nSPS) is 15.4. The molecule has 0 radical (unpaired) electrons. The van der Waals surface area contributed by atoms with Crippen LogP contribution < -0.4 is 10.3 Å². The Morgan fingerprint density at radius 3 is 2.56 bits per heavy atom. The number of hydrogen-bond acceptors (Lipinski definition) is 4. The van der Waals surface area contributed by atoms with Gasteiger partial charge in [0.1, 0.15) is 5.75 Å². The number of methoxy groups -OCH3 is 1. The number of rotatable bonds is 3. The first-order valence-corrected chi connectivity index (χ1v) is 8.36. The molecular formula is C18H24N4O3. The van der Waals surface area contributed by atoms with Crippen LogP contribution in [0.3, 0.4) is 0 Å². The molecule has 7 nitrogen and oxygen atoms in total. The van der Waals surface area contributed by atoms with E-state index in [4.69, 9.17) is 4.74 Å². The van der Waals surface area contributed by atoms with Crippen LogP contribution in [0.2, 0.25) is 0 Å². The molecule has 1 N–H and O–H groups in total. The fraction of sp³-hybridized carbons (Fsp3) is 0.444. The molecule has 2 amide bonds. The van der Waals surface area contributed by atoms with Crippen LogP contribution in [0.4, 0.5) is 4.79 Å². The average molecular weight is 344 g/mol. The standard InChI is InChI=1S/C18H24N4O3/c1-20(2)18(24)22-8-6-21(7-9-22)12-14-10-13-11-15(25-3)4-5-16(13)19-17(14)23/h4-5,10-11H,6-9,12H2,1-3H3,(H,19,23). The predicted octanol–water partition coefficient (Wildman–Crippen LogP) is 1.34. The number of carbonyl (C=O) groups is 1. The SMILES string of the molecule is COc1ccc2[nH]c(=O)c(CN3CCN(C(=O)N(C)C)CC3)cc2c1. The maximum absolute atomic E-state index is 12.3. The number of aromatic nitrogens is 1. The maximum Gasteiger partial charge on any atom is 0.319 e. The number of nitrogens with one attached hydrogen (secondary N) is 1. The monoisotopic (exact) mass is 344 g/mol. The van der Waals surface area contributed by atoms with Gasteiger partial charge in [0.2, 0.25) is 0 Å². The largest absolute Gasteiger partial charge is 0.497 e. The number of piperazine rings is 1. The van der Waals surface area contributed by atoms with E-state index < -0.39 is 0 Å². The van der Waals surface area contributed by atoms with Crippen LogP contribution in [-0.2, 0) is 6.54 Å². The third-order valence-electron chi connectivity index (χ3n) is 4.55. The molecule has 0 bridgehead atoms. The van der Waals surface area contributed by atoms with Crippen molar-refractivity contribution in [2.24, 2.45) is 0 Å². The van der Waals surface area contributed by atoms with E-state index in [1.165, 1.54) is 0 Å². The van der Waals surface area contributed by atoms with Gasteiger partial charge in [-0.1, -0.05) is 0 Å². The summed E-state index contributed by atoms with van der Waals surface area (Å²) in [5.74, 6) is 0.765. The number of amides is 2. The molecule has 2 heterocycles. The molecule has 0 spiro atoms. The molecule has 1 aliphatic heterocycles. The molecule has 7 heteroatoms. The van der Waals surface area contributed by atoms with Crippen molar-refractivity contribution in [3.05, 3.63) is 40.2 Å². The van der Waals surface area contributed by atoms with Crippen molar-refractivity contribution in [3.63, 3.8) is 0 Å². The van der Waals surface area contributed by atoms with Gasteiger partial charge in [0.15, 0.2) is 0 Å². The van der Waals surface area contributed by atoms with Crippen molar-refractivity contribution in [3.8, 4) is 5.75 Å². The van der Waals surface area contributed by atoms with Crippen LogP contribution in [-0.4, -0.2) is 73.1 Å². The lowest BCUT2D eigenvalue weighted by molar-refractivity contribution is 0.120. The first-order valence-electron chi connectivity index (χ1n) is 8.36. The van der Waals surface area contributed by atoms with Crippen LogP contribution >= 0.6 is 0 Å². The minimum atomic E-state index is -0.0653. The highest BCUT2D eigenvalue weighted by atomic mass is 16.5. The summed E-state index contributed by atoms with van der Waals surface area (Å²) in [6.07, 6.45) is 0. The van der Waals surface area contributed by atoms with Gasteiger partial charge in [-0.3, -0.25) is 9.69 Å². The second-order valence-corrected chi connectivity index (χ2v) is 6.52. The summed E-state index contributed by atoms with van der Waals surface area (Å²) in [6, 6.07) is 7.57. The highest BCUT2D eigenvalue weighted by Gasteiger charge is 2.22. The van der Waals surface area contributed by atoms with E-state index in [0.717, 1.165) is 35.3 Å². The van der Waals surface area contributed by atoms with Crippen LogP contribution in [0, 0.1) is 0 Å². The average Bonchev–Trinajstić information content (AvgIpc) is 2.62. The van der Waals surface area contributed by atoms with Gasteiger partial charge in [-0.2, -0.15) is 0 Å². The summed E-state index contributed by atoms with van der Waals surface area (Å²) < 4.78 is 5.25.